The molecule has 172 valence electrons. The number of allylic oxidation sites excluding steroid dienone is 3. The summed E-state index contributed by atoms with van der Waals surface area (Å²) in [6, 6.07) is 7.35. The number of Topliss-reactive ketones (excluding diaryl/α,β-unsaturated/α-hetero) is 1. The largest absolute Gasteiger partial charge is 0.494 e. The van der Waals surface area contributed by atoms with Crippen LogP contribution in [0.3, 0.4) is 0 Å². The quantitative estimate of drug-likeness (QED) is 0.532. The van der Waals surface area contributed by atoms with Crippen LogP contribution in [0.1, 0.15) is 52.5 Å². The molecule has 0 unspecified atom stereocenters. The SMILES string of the molecule is CCOc1cccc([C@H]2C(C(=O)OC(C)C)=C(C)NC3=C2C(=O)[C@@H](C(=O)OC)[C@H](C)C3)c1. The highest BCUT2D eigenvalue weighted by molar-refractivity contribution is 6.12. The lowest BCUT2D eigenvalue weighted by Crippen LogP contribution is -2.43. The normalized spacial score (nSPS) is 23.0. The fourth-order valence-corrected chi connectivity index (χ4v) is 4.51. The van der Waals surface area contributed by atoms with E-state index in [9.17, 15) is 14.4 Å². The molecule has 2 aliphatic rings. The van der Waals surface area contributed by atoms with Crippen molar-refractivity contribution in [1.29, 1.82) is 0 Å². The molecule has 0 saturated heterocycles. The van der Waals surface area contributed by atoms with Gasteiger partial charge in [-0.3, -0.25) is 9.59 Å². The standard InChI is InChI=1S/C25H31NO6/c1-7-31-17-10-8-9-16(12-17)21-20(25(29)32-13(2)3)15(5)26-18-11-14(4)19(24(28)30-6)23(27)22(18)21/h8-10,12-14,19,21,26H,7,11H2,1-6H3/t14-,19+,21+/m1/s1. The van der Waals surface area contributed by atoms with Gasteiger partial charge in [0.25, 0.3) is 0 Å². The van der Waals surface area contributed by atoms with Gasteiger partial charge in [0, 0.05) is 22.9 Å². The Hall–Kier alpha value is -3.09. The van der Waals surface area contributed by atoms with E-state index in [1.54, 1.807) is 13.8 Å². The number of hydrogen-bond acceptors (Lipinski definition) is 7. The monoisotopic (exact) mass is 441 g/mol. The van der Waals surface area contributed by atoms with Crippen molar-refractivity contribution in [3.63, 3.8) is 0 Å². The molecule has 0 radical (unpaired) electrons. The minimum Gasteiger partial charge on any atom is -0.494 e. The van der Waals surface area contributed by atoms with Crippen molar-refractivity contribution in [3.8, 4) is 5.75 Å². The van der Waals surface area contributed by atoms with Gasteiger partial charge in [0.1, 0.15) is 11.7 Å². The smallest absolute Gasteiger partial charge is 0.337 e. The Morgan fingerprint density at radius 2 is 1.97 bits per heavy atom. The lowest BCUT2D eigenvalue weighted by Gasteiger charge is -2.38. The fraction of sp³-hybridized carbons (Fsp3) is 0.480. The van der Waals surface area contributed by atoms with Gasteiger partial charge >= 0.3 is 11.9 Å². The first-order valence-corrected chi connectivity index (χ1v) is 11.0. The van der Waals surface area contributed by atoms with E-state index in [4.69, 9.17) is 14.2 Å². The molecule has 3 atom stereocenters. The zero-order chi connectivity index (χ0) is 23.6. The number of carbonyl (C=O) groups is 3. The Morgan fingerprint density at radius 3 is 2.59 bits per heavy atom. The van der Waals surface area contributed by atoms with Crippen molar-refractivity contribution in [3.05, 3.63) is 52.4 Å². The number of ether oxygens (including phenoxy) is 3. The van der Waals surface area contributed by atoms with Crippen molar-refractivity contribution >= 4 is 17.7 Å². The molecule has 7 heteroatoms. The number of benzene rings is 1. The highest BCUT2D eigenvalue weighted by Gasteiger charge is 2.47. The van der Waals surface area contributed by atoms with Crippen molar-refractivity contribution in [1.82, 2.24) is 5.32 Å². The second-order valence-corrected chi connectivity index (χ2v) is 8.49. The average molecular weight is 442 g/mol. The first kappa shape index (κ1) is 23.6. The number of ketones is 1. The van der Waals surface area contributed by atoms with Crippen molar-refractivity contribution in [2.75, 3.05) is 13.7 Å². The predicted molar refractivity (Wildman–Crippen MR) is 119 cm³/mol. The summed E-state index contributed by atoms with van der Waals surface area (Å²) in [6.45, 7) is 9.60. The maximum Gasteiger partial charge on any atom is 0.337 e. The molecular weight excluding hydrogens is 410 g/mol. The minimum atomic E-state index is -0.918. The van der Waals surface area contributed by atoms with Crippen LogP contribution in [-0.4, -0.2) is 37.5 Å². The van der Waals surface area contributed by atoms with E-state index in [1.807, 2.05) is 45.0 Å². The number of rotatable bonds is 6. The maximum absolute atomic E-state index is 13.7. The van der Waals surface area contributed by atoms with Crippen LogP contribution >= 0.6 is 0 Å². The number of nitrogens with one attached hydrogen (secondary N) is 1. The molecule has 1 aromatic carbocycles. The minimum absolute atomic E-state index is 0.228. The first-order chi connectivity index (χ1) is 15.2. The van der Waals surface area contributed by atoms with Crippen LogP contribution in [0, 0.1) is 11.8 Å². The molecule has 0 bridgehead atoms. The van der Waals surface area contributed by atoms with Crippen LogP contribution in [-0.2, 0) is 23.9 Å². The van der Waals surface area contributed by atoms with Gasteiger partial charge in [-0.25, -0.2) is 4.79 Å². The molecule has 7 nitrogen and oxygen atoms in total. The molecule has 0 aromatic heterocycles. The number of esters is 2. The molecule has 32 heavy (non-hydrogen) atoms. The Bertz CT molecular complexity index is 990. The van der Waals surface area contributed by atoms with Gasteiger partial charge < -0.3 is 19.5 Å². The van der Waals surface area contributed by atoms with Crippen LogP contribution in [0.5, 0.6) is 5.75 Å². The Balaban J connectivity index is 2.19. The molecule has 1 heterocycles. The van der Waals surface area contributed by atoms with Gasteiger partial charge in [-0.05, 0) is 57.7 Å². The van der Waals surface area contributed by atoms with E-state index >= 15 is 0 Å². The van der Waals surface area contributed by atoms with Crippen LogP contribution < -0.4 is 10.1 Å². The Labute approximate surface area is 188 Å². The maximum atomic E-state index is 13.7. The second kappa shape index (κ2) is 9.59. The van der Waals surface area contributed by atoms with Crippen molar-refractivity contribution in [2.45, 2.75) is 53.1 Å². The van der Waals surface area contributed by atoms with Crippen LogP contribution in [0.25, 0.3) is 0 Å². The summed E-state index contributed by atoms with van der Waals surface area (Å²) in [5.74, 6) is -2.57. The average Bonchev–Trinajstić information content (AvgIpc) is 2.72. The molecule has 0 amide bonds. The molecular formula is C25H31NO6. The number of hydrogen-bond donors (Lipinski definition) is 1. The summed E-state index contributed by atoms with van der Waals surface area (Å²) in [5, 5.41) is 3.25. The fourth-order valence-electron chi connectivity index (χ4n) is 4.51. The van der Waals surface area contributed by atoms with Crippen molar-refractivity contribution < 1.29 is 28.6 Å². The van der Waals surface area contributed by atoms with E-state index in [0.29, 0.717) is 35.6 Å². The third-order valence-corrected chi connectivity index (χ3v) is 5.81. The second-order valence-electron chi connectivity index (χ2n) is 8.49. The summed E-state index contributed by atoms with van der Waals surface area (Å²) >= 11 is 0. The lowest BCUT2D eigenvalue weighted by molar-refractivity contribution is -0.151. The van der Waals surface area contributed by atoms with Crippen LogP contribution in [0.15, 0.2) is 46.8 Å². The topological polar surface area (TPSA) is 90.9 Å². The lowest BCUT2D eigenvalue weighted by atomic mass is 9.69. The Kier molecular flexibility index (Phi) is 7.06. The van der Waals surface area contributed by atoms with E-state index < -0.39 is 23.8 Å². The van der Waals surface area contributed by atoms with Gasteiger partial charge in [0.15, 0.2) is 5.78 Å². The van der Waals surface area contributed by atoms with Gasteiger partial charge in [0.2, 0.25) is 0 Å². The molecule has 1 aliphatic heterocycles. The third kappa shape index (κ3) is 4.42. The molecule has 1 aliphatic carbocycles. The summed E-state index contributed by atoms with van der Waals surface area (Å²) in [4.78, 5) is 39.3. The zero-order valence-electron chi connectivity index (χ0n) is 19.5. The summed E-state index contributed by atoms with van der Waals surface area (Å²) in [6.07, 6.45) is 0.172. The molecule has 1 N–H and O–H groups in total. The van der Waals surface area contributed by atoms with Crippen molar-refractivity contribution in [2.24, 2.45) is 11.8 Å². The molecule has 0 fully saturated rings. The van der Waals surface area contributed by atoms with E-state index in [-0.39, 0.29) is 17.8 Å². The number of methoxy groups -OCH3 is 1. The van der Waals surface area contributed by atoms with E-state index in [2.05, 4.69) is 5.32 Å². The summed E-state index contributed by atoms with van der Waals surface area (Å²) in [5.41, 5.74) is 2.86. The van der Waals surface area contributed by atoms with Gasteiger partial charge in [-0.15, -0.1) is 0 Å². The molecule has 0 saturated carbocycles. The number of dihydropyridines is 1. The molecule has 1 aromatic rings. The zero-order valence-corrected chi connectivity index (χ0v) is 19.5. The van der Waals surface area contributed by atoms with Gasteiger partial charge in [0.05, 0.1) is 25.4 Å². The van der Waals surface area contributed by atoms with Gasteiger partial charge in [-0.2, -0.15) is 0 Å². The van der Waals surface area contributed by atoms with Crippen LogP contribution in [0.4, 0.5) is 0 Å². The third-order valence-electron chi connectivity index (χ3n) is 5.81. The number of carbonyl (C=O) groups excluding carboxylic acids is 3. The first-order valence-electron chi connectivity index (χ1n) is 11.0. The van der Waals surface area contributed by atoms with Crippen LogP contribution in [0.2, 0.25) is 0 Å². The summed E-state index contributed by atoms with van der Waals surface area (Å²) < 4.78 is 16.1. The molecule has 3 rings (SSSR count). The Morgan fingerprint density at radius 1 is 1.25 bits per heavy atom. The predicted octanol–water partition coefficient (Wildman–Crippen LogP) is 3.65. The summed E-state index contributed by atoms with van der Waals surface area (Å²) in [7, 11) is 1.28. The van der Waals surface area contributed by atoms with Gasteiger partial charge in [-0.1, -0.05) is 19.1 Å². The van der Waals surface area contributed by atoms with E-state index in [0.717, 1.165) is 11.3 Å². The van der Waals surface area contributed by atoms with E-state index in [1.165, 1.54) is 7.11 Å². The highest BCUT2D eigenvalue weighted by atomic mass is 16.5. The highest BCUT2D eigenvalue weighted by Crippen LogP contribution is 2.46. The molecule has 0 spiro atoms.